The molecule has 0 spiro atoms. The van der Waals surface area contributed by atoms with Crippen LogP contribution in [0.4, 0.5) is 0 Å². The topological polar surface area (TPSA) is 50.1 Å². The summed E-state index contributed by atoms with van der Waals surface area (Å²) in [5, 5.41) is 18.1. The lowest BCUT2D eigenvalue weighted by Crippen LogP contribution is -2.36. The Kier molecular flexibility index (Phi) is 5.37. The minimum absolute atomic E-state index is 0.193. The minimum atomic E-state index is -0.926. The summed E-state index contributed by atoms with van der Waals surface area (Å²) >= 11 is 0. The molecule has 0 bridgehead atoms. The Bertz CT molecular complexity index is 587. The number of nitrogens with zero attached hydrogens (tertiary/aromatic N) is 2. The van der Waals surface area contributed by atoms with Gasteiger partial charge in [-0.05, 0) is 31.4 Å². The highest BCUT2D eigenvalue weighted by molar-refractivity contribution is 5.25. The van der Waals surface area contributed by atoms with Gasteiger partial charge in [-0.2, -0.15) is 5.10 Å². The Balaban J connectivity index is 1.95. The lowest BCUT2D eigenvalue weighted by Gasteiger charge is -2.25. The Hall–Kier alpha value is -1.65. The van der Waals surface area contributed by atoms with Gasteiger partial charge in [0.15, 0.2) is 0 Å². The molecule has 1 aromatic carbocycles. The predicted molar refractivity (Wildman–Crippen MR) is 89.6 cm³/mol. The molecule has 1 aromatic heterocycles. The van der Waals surface area contributed by atoms with Gasteiger partial charge in [0.2, 0.25) is 0 Å². The van der Waals surface area contributed by atoms with Crippen LogP contribution < -0.4 is 5.32 Å². The van der Waals surface area contributed by atoms with Crippen molar-refractivity contribution >= 4 is 0 Å². The van der Waals surface area contributed by atoms with E-state index in [4.69, 9.17) is 0 Å². The van der Waals surface area contributed by atoms with E-state index in [0.29, 0.717) is 6.54 Å². The molecule has 2 rings (SSSR count). The van der Waals surface area contributed by atoms with Gasteiger partial charge >= 0.3 is 0 Å². The molecular weight excluding hydrogens is 274 g/mol. The molecule has 4 heteroatoms. The number of hydrogen-bond donors (Lipinski definition) is 2. The molecular formula is C18H27N3O. The maximum Gasteiger partial charge on any atom is 0.102 e. The Morgan fingerprint density at radius 2 is 2.00 bits per heavy atom. The molecule has 0 aliphatic heterocycles. The molecule has 0 saturated heterocycles. The van der Waals surface area contributed by atoms with Crippen LogP contribution in [-0.4, -0.2) is 21.4 Å². The van der Waals surface area contributed by atoms with E-state index < -0.39 is 5.60 Å². The molecule has 1 heterocycles. The number of hydrogen-bond acceptors (Lipinski definition) is 3. The second kappa shape index (κ2) is 7.07. The van der Waals surface area contributed by atoms with Crippen molar-refractivity contribution in [2.24, 2.45) is 7.05 Å². The van der Waals surface area contributed by atoms with Crippen molar-refractivity contribution in [3.8, 4) is 0 Å². The SMILES string of the molecule is CCCc1ccc(C(C)NCC(C)(O)c2cnn(C)c2)cc1. The normalized spacial score (nSPS) is 15.5. The summed E-state index contributed by atoms with van der Waals surface area (Å²) in [5.41, 5.74) is 2.51. The van der Waals surface area contributed by atoms with Gasteiger partial charge in [0.25, 0.3) is 0 Å². The number of rotatable bonds is 7. The van der Waals surface area contributed by atoms with Crippen LogP contribution >= 0.6 is 0 Å². The van der Waals surface area contributed by atoms with Crippen LogP contribution in [0.2, 0.25) is 0 Å². The van der Waals surface area contributed by atoms with E-state index in [1.54, 1.807) is 10.9 Å². The molecule has 2 unspecified atom stereocenters. The monoisotopic (exact) mass is 301 g/mol. The quantitative estimate of drug-likeness (QED) is 0.826. The van der Waals surface area contributed by atoms with Crippen molar-refractivity contribution < 1.29 is 5.11 Å². The highest BCUT2D eigenvalue weighted by Gasteiger charge is 2.25. The maximum absolute atomic E-state index is 10.6. The highest BCUT2D eigenvalue weighted by atomic mass is 16.3. The summed E-state index contributed by atoms with van der Waals surface area (Å²) < 4.78 is 1.71. The molecule has 0 saturated carbocycles. The molecule has 22 heavy (non-hydrogen) atoms. The molecule has 0 aliphatic rings. The van der Waals surface area contributed by atoms with Crippen LogP contribution in [0.3, 0.4) is 0 Å². The molecule has 0 radical (unpaired) electrons. The van der Waals surface area contributed by atoms with Gasteiger partial charge in [-0.15, -0.1) is 0 Å². The van der Waals surface area contributed by atoms with Crippen molar-refractivity contribution in [3.63, 3.8) is 0 Å². The van der Waals surface area contributed by atoms with E-state index in [1.165, 1.54) is 17.5 Å². The standard InChI is InChI=1S/C18H27N3O/c1-5-6-15-7-9-16(10-8-15)14(2)19-13-18(3,22)17-11-20-21(4)12-17/h7-12,14,19,22H,5-6,13H2,1-4H3. The van der Waals surface area contributed by atoms with E-state index in [0.717, 1.165) is 12.0 Å². The number of nitrogens with one attached hydrogen (secondary N) is 1. The summed E-state index contributed by atoms with van der Waals surface area (Å²) in [5.74, 6) is 0. The fourth-order valence-electron chi connectivity index (χ4n) is 2.53. The van der Waals surface area contributed by atoms with Gasteiger partial charge in [-0.3, -0.25) is 4.68 Å². The van der Waals surface area contributed by atoms with Gasteiger partial charge in [0.1, 0.15) is 5.60 Å². The number of aryl methyl sites for hydroxylation is 2. The summed E-state index contributed by atoms with van der Waals surface area (Å²) in [6, 6.07) is 8.91. The number of aliphatic hydroxyl groups is 1. The van der Waals surface area contributed by atoms with E-state index in [2.05, 4.69) is 48.5 Å². The number of aromatic nitrogens is 2. The van der Waals surface area contributed by atoms with Crippen LogP contribution in [0.15, 0.2) is 36.7 Å². The van der Waals surface area contributed by atoms with Crippen molar-refractivity contribution in [3.05, 3.63) is 53.3 Å². The van der Waals surface area contributed by atoms with Gasteiger partial charge < -0.3 is 10.4 Å². The van der Waals surface area contributed by atoms with Crippen LogP contribution in [0.25, 0.3) is 0 Å². The van der Waals surface area contributed by atoms with Crippen molar-refractivity contribution in [1.82, 2.24) is 15.1 Å². The fraction of sp³-hybridized carbons (Fsp3) is 0.500. The summed E-state index contributed by atoms with van der Waals surface area (Å²) in [4.78, 5) is 0. The second-order valence-corrected chi connectivity index (χ2v) is 6.27. The van der Waals surface area contributed by atoms with Crippen molar-refractivity contribution in [2.45, 2.75) is 45.3 Å². The van der Waals surface area contributed by atoms with Crippen LogP contribution in [0.5, 0.6) is 0 Å². The highest BCUT2D eigenvalue weighted by Crippen LogP contribution is 2.21. The average Bonchev–Trinajstić information content (AvgIpc) is 2.93. The largest absolute Gasteiger partial charge is 0.384 e. The average molecular weight is 301 g/mol. The van der Waals surface area contributed by atoms with Crippen LogP contribution in [0.1, 0.15) is 49.9 Å². The van der Waals surface area contributed by atoms with E-state index >= 15 is 0 Å². The van der Waals surface area contributed by atoms with Crippen LogP contribution in [0, 0.1) is 0 Å². The molecule has 2 N–H and O–H groups in total. The van der Waals surface area contributed by atoms with Crippen molar-refractivity contribution in [1.29, 1.82) is 0 Å². The zero-order chi connectivity index (χ0) is 16.2. The van der Waals surface area contributed by atoms with E-state index in [-0.39, 0.29) is 6.04 Å². The Labute approximate surface area is 133 Å². The smallest absolute Gasteiger partial charge is 0.102 e. The predicted octanol–water partition coefficient (Wildman–Crippen LogP) is 2.93. The van der Waals surface area contributed by atoms with E-state index in [9.17, 15) is 5.11 Å². The zero-order valence-corrected chi connectivity index (χ0v) is 14.0. The zero-order valence-electron chi connectivity index (χ0n) is 14.0. The first-order valence-electron chi connectivity index (χ1n) is 7.96. The van der Waals surface area contributed by atoms with Gasteiger partial charge in [-0.1, -0.05) is 37.6 Å². The van der Waals surface area contributed by atoms with Crippen LogP contribution in [-0.2, 0) is 19.1 Å². The van der Waals surface area contributed by atoms with E-state index in [1.807, 2.05) is 20.2 Å². The third-order valence-electron chi connectivity index (χ3n) is 4.10. The molecule has 2 aromatic rings. The van der Waals surface area contributed by atoms with Crippen molar-refractivity contribution in [2.75, 3.05) is 6.54 Å². The first kappa shape index (κ1) is 16.7. The number of benzene rings is 1. The summed E-state index contributed by atoms with van der Waals surface area (Å²) in [6.07, 6.45) is 5.86. The maximum atomic E-state index is 10.6. The fourth-order valence-corrected chi connectivity index (χ4v) is 2.53. The van der Waals surface area contributed by atoms with Gasteiger partial charge in [0.05, 0.1) is 6.20 Å². The molecule has 0 fully saturated rings. The minimum Gasteiger partial charge on any atom is -0.384 e. The third kappa shape index (κ3) is 4.18. The summed E-state index contributed by atoms with van der Waals surface area (Å²) in [7, 11) is 1.85. The molecule has 0 aliphatic carbocycles. The summed E-state index contributed by atoms with van der Waals surface area (Å²) in [6.45, 7) is 6.61. The Morgan fingerprint density at radius 1 is 1.32 bits per heavy atom. The first-order valence-corrected chi connectivity index (χ1v) is 7.96. The lowest BCUT2D eigenvalue weighted by molar-refractivity contribution is 0.0543. The Morgan fingerprint density at radius 3 is 2.55 bits per heavy atom. The molecule has 4 nitrogen and oxygen atoms in total. The molecule has 120 valence electrons. The third-order valence-corrected chi connectivity index (χ3v) is 4.10. The second-order valence-electron chi connectivity index (χ2n) is 6.27. The lowest BCUT2D eigenvalue weighted by atomic mass is 9.98. The first-order chi connectivity index (χ1) is 10.4. The molecule has 0 amide bonds. The van der Waals surface area contributed by atoms with Gasteiger partial charge in [0, 0.05) is 31.4 Å². The van der Waals surface area contributed by atoms with Gasteiger partial charge in [-0.25, -0.2) is 0 Å². The molecule has 2 atom stereocenters.